The van der Waals surface area contributed by atoms with Crippen LogP contribution >= 0.6 is 22.9 Å². The van der Waals surface area contributed by atoms with Gasteiger partial charge in [-0.1, -0.05) is 35.9 Å². The van der Waals surface area contributed by atoms with Crippen molar-refractivity contribution in [3.8, 4) is 11.3 Å². The third kappa shape index (κ3) is 6.96. The van der Waals surface area contributed by atoms with E-state index in [0.29, 0.717) is 15.8 Å². The van der Waals surface area contributed by atoms with Crippen LogP contribution in [0.3, 0.4) is 0 Å². The van der Waals surface area contributed by atoms with Gasteiger partial charge in [0.25, 0.3) is 0 Å². The van der Waals surface area contributed by atoms with Crippen molar-refractivity contribution in [3.05, 3.63) is 64.5 Å². The maximum Gasteiger partial charge on any atom is 0.411 e. The van der Waals surface area contributed by atoms with E-state index in [2.05, 4.69) is 10.3 Å². The van der Waals surface area contributed by atoms with Crippen molar-refractivity contribution < 1.29 is 14.3 Å². The molecule has 0 aliphatic heterocycles. The molecule has 7 nitrogen and oxygen atoms in total. The van der Waals surface area contributed by atoms with Gasteiger partial charge in [0.05, 0.1) is 5.69 Å². The van der Waals surface area contributed by atoms with Gasteiger partial charge in [-0.05, 0) is 50.6 Å². The number of carbonyl (C=O) groups is 2. The maximum atomic E-state index is 12.7. The van der Waals surface area contributed by atoms with Gasteiger partial charge in [0.2, 0.25) is 5.91 Å². The molecule has 0 radical (unpaired) electrons. The summed E-state index contributed by atoms with van der Waals surface area (Å²) in [6, 6.07) is 14.3. The molecule has 2 aromatic carbocycles. The number of anilines is 2. The average Bonchev–Trinajstić information content (AvgIpc) is 3.14. The van der Waals surface area contributed by atoms with Crippen LogP contribution in [0, 0.1) is 0 Å². The summed E-state index contributed by atoms with van der Waals surface area (Å²) in [6.45, 7) is 5.39. The van der Waals surface area contributed by atoms with Crippen LogP contribution in [0.1, 0.15) is 26.3 Å². The Hall–Kier alpha value is -3.10. The third-order valence-corrected chi connectivity index (χ3v) is 5.19. The Bertz CT molecular complexity index is 1080. The predicted molar refractivity (Wildman–Crippen MR) is 129 cm³/mol. The molecule has 3 N–H and O–H groups in total. The number of carbonyl (C=O) groups excluding carboxylic acids is 2. The Morgan fingerprint density at radius 3 is 2.34 bits per heavy atom. The zero-order valence-corrected chi connectivity index (χ0v) is 19.7. The topological polar surface area (TPSA) is 97.5 Å². The fourth-order valence-electron chi connectivity index (χ4n) is 2.84. The summed E-state index contributed by atoms with van der Waals surface area (Å²) in [7, 11) is 0. The number of nitrogen functional groups attached to an aromatic ring is 1. The van der Waals surface area contributed by atoms with E-state index in [-0.39, 0.29) is 19.0 Å². The Balaban J connectivity index is 1.68. The Labute approximate surface area is 196 Å². The first-order valence-corrected chi connectivity index (χ1v) is 11.2. The highest BCUT2D eigenvalue weighted by Crippen LogP contribution is 2.24. The normalized spacial score (nSPS) is 11.1. The number of aromatic nitrogens is 1. The summed E-state index contributed by atoms with van der Waals surface area (Å²) < 4.78 is 5.48. The highest BCUT2D eigenvalue weighted by molar-refractivity contribution is 7.13. The SMILES string of the molecule is CC(C)(C)OC(=O)N(CC(=O)Nc1ccc(-c2csc(N)n2)cc1)Cc1ccc(Cl)cc1. The first-order valence-electron chi connectivity index (χ1n) is 9.93. The molecule has 0 aliphatic carbocycles. The standard InChI is InChI=1S/C23H25ClN4O3S/c1-23(2,3)31-22(30)28(12-15-4-8-17(24)9-5-15)13-20(29)26-18-10-6-16(7-11-18)19-14-32-21(25)27-19/h4-11,14H,12-13H2,1-3H3,(H2,25,27)(H,26,29). The molecule has 0 bridgehead atoms. The van der Waals surface area contributed by atoms with Crippen LogP contribution in [-0.4, -0.2) is 34.0 Å². The Kier molecular flexibility index (Phi) is 7.37. The van der Waals surface area contributed by atoms with E-state index in [0.717, 1.165) is 16.8 Å². The van der Waals surface area contributed by atoms with Crippen molar-refractivity contribution in [1.82, 2.24) is 9.88 Å². The molecule has 9 heteroatoms. The van der Waals surface area contributed by atoms with Crippen molar-refractivity contribution >= 4 is 45.8 Å². The second kappa shape index (κ2) is 10.0. The largest absolute Gasteiger partial charge is 0.444 e. The maximum absolute atomic E-state index is 12.7. The second-order valence-electron chi connectivity index (χ2n) is 8.16. The van der Waals surface area contributed by atoms with E-state index >= 15 is 0 Å². The summed E-state index contributed by atoms with van der Waals surface area (Å²) in [5.41, 5.74) is 8.13. The minimum Gasteiger partial charge on any atom is -0.444 e. The molecule has 3 aromatic rings. The van der Waals surface area contributed by atoms with Crippen molar-refractivity contribution in [2.45, 2.75) is 32.9 Å². The van der Waals surface area contributed by atoms with E-state index in [4.69, 9.17) is 22.1 Å². The van der Waals surface area contributed by atoms with E-state index in [1.165, 1.54) is 16.2 Å². The van der Waals surface area contributed by atoms with E-state index in [1.807, 2.05) is 29.6 Å². The minimum absolute atomic E-state index is 0.165. The molecule has 0 spiro atoms. The lowest BCUT2D eigenvalue weighted by Gasteiger charge is -2.27. The van der Waals surface area contributed by atoms with Gasteiger partial charge in [0, 0.05) is 28.2 Å². The summed E-state index contributed by atoms with van der Waals surface area (Å²) in [5.74, 6) is -0.338. The molecule has 3 rings (SSSR count). The first kappa shape index (κ1) is 23.6. The summed E-state index contributed by atoms with van der Waals surface area (Å²) in [6.07, 6.45) is -0.570. The number of nitrogens with one attached hydrogen (secondary N) is 1. The van der Waals surface area contributed by atoms with Crippen LogP contribution in [0.4, 0.5) is 15.6 Å². The number of hydrogen-bond acceptors (Lipinski definition) is 6. The fraction of sp³-hybridized carbons (Fsp3) is 0.261. The van der Waals surface area contributed by atoms with Gasteiger partial charge >= 0.3 is 6.09 Å². The molecule has 0 aliphatic rings. The van der Waals surface area contributed by atoms with Crippen LogP contribution in [0.25, 0.3) is 11.3 Å². The molecular formula is C23H25ClN4O3S. The lowest BCUT2D eigenvalue weighted by atomic mass is 10.1. The van der Waals surface area contributed by atoms with Crippen LogP contribution in [0.2, 0.25) is 5.02 Å². The molecule has 32 heavy (non-hydrogen) atoms. The number of amides is 2. The molecule has 1 heterocycles. The second-order valence-corrected chi connectivity index (χ2v) is 9.49. The zero-order valence-electron chi connectivity index (χ0n) is 18.1. The lowest BCUT2D eigenvalue weighted by molar-refractivity contribution is -0.117. The van der Waals surface area contributed by atoms with E-state index in [1.54, 1.807) is 45.0 Å². The molecule has 0 saturated carbocycles. The number of ether oxygens (including phenoxy) is 1. The first-order chi connectivity index (χ1) is 15.1. The number of rotatable bonds is 6. The molecule has 2 amide bonds. The lowest BCUT2D eigenvalue weighted by Crippen LogP contribution is -2.40. The summed E-state index contributed by atoms with van der Waals surface area (Å²) in [5, 5.41) is 5.79. The zero-order chi connectivity index (χ0) is 23.3. The third-order valence-electron chi connectivity index (χ3n) is 4.26. The van der Waals surface area contributed by atoms with Gasteiger partial charge in [-0.3, -0.25) is 9.69 Å². The molecule has 0 fully saturated rings. The quantitative estimate of drug-likeness (QED) is 0.499. The number of halogens is 1. The highest BCUT2D eigenvalue weighted by atomic mass is 35.5. The van der Waals surface area contributed by atoms with Crippen LogP contribution in [0.5, 0.6) is 0 Å². The van der Waals surface area contributed by atoms with Crippen molar-refractivity contribution in [1.29, 1.82) is 0 Å². The molecule has 1 aromatic heterocycles. The number of thiazole rings is 1. The van der Waals surface area contributed by atoms with Gasteiger partial charge in [-0.2, -0.15) is 0 Å². The van der Waals surface area contributed by atoms with Crippen molar-refractivity contribution in [2.24, 2.45) is 0 Å². The van der Waals surface area contributed by atoms with Crippen molar-refractivity contribution in [3.63, 3.8) is 0 Å². The average molecular weight is 473 g/mol. The number of benzene rings is 2. The molecule has 0 unspecified atom stereocenters. The predicted octanol–water partition coefficient (Wildman–Crippen LogP) is 5.42. The Morgan fingerprint density at radius 1 is 1.12 bits per heavy atom. The van der Waals surface area contributed by atoms with Gasteiger partial charge in [0.1, 0.15) is 12.1 Å². The van der Waals surface area contributed by atoms with Gasteiger partial charge in [-0.25, -0.2) is 9.78 Å². The summed E-state index contributed by atoms with van der Waals surface area (Å²) in [4.78, 5) is 31.0. The highest BCUT2D eigenvalue weighted by Gasteiger charge is 2.24. The van der Waals surface area contributed by atoms with Gasteiger partial charge < -0.3 is 15.8 Å². The van der Waals surface area contributed by atoms with Crippen LogP contribution in [0.15, 0.2) is 53.9 Å². The molecule has 0 saturated heterocycles. The molecule has 168 valence electrons. The summed E-state index contributed by atoms with van der Waals surface area (Å²) >= 11 is 7.31. The minimum atomic E-state index is -0.680. The number of hydrogen-bond donors (Lipinski definition) is 2. The van der Waals surface area contributed by atoms with Gasteiger partial charge in [0.15, 0.2) is 5.13 Å². The van der Waals surface area contributed by atoms with Gasteiger partial charge in [-0.15, -0.1) is 11.3 Å². The Morgan fingerprint density at radius 2 is 1.78 bits per heavy atom. The molecular weight excluding hydrogens is 448 g/mol. The number of nitrogens with two attached hydrogens (primary N) is 1. The number of nitrogens with zero attached hydrogens (tertiary/aromatic N) is 2. The molecule has 0 atom stereocenters. The van der Waals surface area contributed by atoms with E-state index < -0.39 is 11.7 Å². The van der Waals surface area contributed by atoms with Crippen LogP contribution < -0.4 is 11.1 Å². The fourth-order valence-corrected chi connectivity index (χ4v) is 3.54. The van der Waals surface area contributed by atoms with Crippen LogP contribution in [-0.2, 0) is 16.1 Å². The smallest absolute Gasteiger partial charge is 0.411 e. The monoisotopic (exact) mass is 472 g/mol. The van der Waals surface area contributed by atoms with E-state index in [9.17, 15) is 9.59 Å². The van der Waals surface area contributed by atoms with Crippen molar-refractivity contribution in [2.75, 3.05) is 17.6 Å².